The quantitative estimate of drug-likeness (QED) is 0.656. The number of carbonyl (C=O) groups is 2. The van der Waals surface area contributed by atoms with Gasteiger partial charge in [-0.05, 0) is 36.2 Å². The van der Waals surface area contributed by atoms with E-state index in [-0.39, 0.29) is 18.4 Å². The van der Waals surface area contributed by atoms with Crippen molar-refractivity contribution < 1.29 is 9.59 Å². The highest BCUT2D eigenvalue weighted by molar-refractivity contribution is 6.00. The lowest BCUT2D eigenvalue weighted by Crippen LogP contribution is -2.20. The Labute approximate surface area is 141 Å². The molecule has 2 aromatic carbocycles. The van der Waals surface area contributed by atoms with E-state index in [1.54, 1.807) is 18.2 Å². The Hall–Kier alpha value is -2.86. The number of rotatable bonds is 6. The van der Waals surface area contributed by atoms with Crippen LogP contribution in [0.5, 0.6) is 0 Å². The van der Waals surface area contributed by atoms with Gasteiger partial charge in [-0.2, -0.15) is 0 Å². The number of para-hydroxylation sites is 1. The maximum absolute atomic E-state index is 12.0. The van der Waals surface area contributed by atoms with E-state index in [1.165, 1.54) is 0 Å². The smallest absolute Gasteiger partial charge is 0.323 e. The minimum Gasteiger partial charge on any atom is -0.330 e. The molecule has 6 nitrogen and oxygen atoms in total. The molecule has 0 aromatic heterocycles. The van der Waals surface area contributed by atoms with E-state index in [1.807, 2.05) is 37.3 Å². The molecule has 2 rings (SSSR count). The highest BCUT2D eigenvalue weighted by atomic mass is 16.2. The molecule has 0 bridgehead atoms. The van der Waals surface area contributed by atoms with Gasteiger partial charge in [0.25, 0.3) is 0 Å². The zero-order chi connectivity index (χ0) is 17.4. The van der Waals surface area contributed by atoms with E-state index in [4.69, 9.17) is 5.73 Å². The summed E-state index contributed by atoms with van der Waals surface area (Å²) in [6, 6.07) is 14.3. The second-order valence-corrected chi connectivity index (χ2v) is 5.26. The summed E-state index contributed by atoms with van der Waals surface area (Å²) in [7, 11) is 0. The highest BCUT2D eigenvalue weighted by Crippen LogP contribution is 2.22. The predicted molar refractivity (Wildman–Crippen MR) is 97.2 cm³/mol. The highest BCUT2D eigenvalue weighted by Gasteiger charge is 2.08. The third kappa shape index (κ3) is 5.10. The van der Waals surface area contributed by atoms with E-state index in [2.05, 4.69) is 16.0 Å². The molecule has 0 aliphatic carbocycles. The summed E-state index contributed by atoms with van der Waals surface area (Å²) in [4.78, 5) is 23.8. The maximum Gasteiger partial charge on any atom is 0.323 e. The van der Waals surface area contributed by atoms with Crippen LogP contribution in [0.4, 0.5) is 21.9 Å². The summed E-state index contributed by atoms with van der Waals surface area (Å²) < 4.78 is 0. The number of hydrogen-bond acceptors (Lipinski definition) is 3. The SMILES string of the molecule is CCc1ccc(NC(=O)Nc2ccccc2)cc1NC(=O)CCN. The molecule has 0 saturated heterocycles. The number of urea groups is 1. The largest absolute Gasteiger partial charge is 0.330 e. The molecule has 5 N–H and O–H groups in total. The van der Waals surface area contributed by atoms with Crippen LogP contribution in [0.1, 0.15) is 18.9 Å². The molecule has 0 saturated carbocycles. The molecular formula is C18H22N4O2. The number of aryl methyl sites for hydroxylation is 1. The predicted octanol–water partition coefficient (Wildman–Crippen LogP) is 3.18. The second-order valence-electron chi connectivity index (χ2n) is 5.26. The molecule has 24 heavy (non-hydrogen) atoms. The average molecular weight is 326 g/mol. The third-order valence-corrected chi connectivity index (χ3v) is 3.43. The van der Waals surface area contributed by atoms with Gasteiger partial charge in [0.15, 0.2) is 0 Å². The van der Waals surface area contributed by atoms with Gasteiger partial charge in [-0.1, -0.05) is 31.2 Å². The fraction of sp³-hybridized carbons (Fsp3) is 0.222. The van der Waals surface area contributed by atoms with Crippen molar-refractivity contribution in [2.24, 2.45) is 5.73 Å². The van der Waals surface area contributed by atoms with Gasteiger partial charge in [0.05, 0.1) is 0 Å². The first kappa shape index (κ1) is 17.5. The number of nitrogens with one attached hydrogen (secondary N) is 3. The van der Waals surface area contributed by atoms with Crippen molar-refractivity contribution in [2.75, 3.05) is 22.5 Å². The van der Waals surface area contributed by atoms with Crippen LogP contribution in [0.25, 0.3) is 0 Å². The van der Waals surface area contributed by atoms with Crippen LogP contribution in [0.2, 0.25) is 0 Å². The van der Waals surface area contributed by atoms with Gasteiger partial charge in [-0.3, -0.25) is 4.79 Å². The third-order valence-electron chi connectivity index (χ3n) is 3.43. The lowest BCUT2D eigenvalue weighted by atomic mass is 10.1. The minimum atomic E-state index is -0.343. The first-order valence-electron chi connectivity index (χ1n) is 7.88. The van der Waals surface area contributed by atoms with Gasteiger partial charge in [0.1, 0.15) is 0 Å². The Morgan fingerprint density at radius 2 is 1.67 bits per heavy atom. The molecular weight excluding hydrogens is 304 g/mol. The van der Waals surface area contributed by atoms with E-state index in [0.717, 1.165) is 12.0 Å². The summed E-state index contributed by atoms with van der Waals surface area (Å²) >= 11 is 0. The van der Waals surface area contributed by atoms with Crippen molar-refractivity contribution in [3.05, 3.63) is 54.1 Å². The zero-order valence-electron chi connectivity index (χ0n) is 13.6. The molecule has 6 heteroatoms. The van der Waals surface area contributed by atoms with Gasteiger partial charge >= 0.3 is 6.03 Å². The lowest BCUT2D eigenvalue weighted by Gasteiger charge is -2.13. The molecule has 2 aromatic rings. The molecule has 0 spiro atoms. The van der Waals surface area contributed by atoms with Crippen molar-refractivity contribution in [1.82, 2.24) is 0 Å². The molecule has 0 aliphatic heterocycles. The van der Waals surface area contributed by atoms with E-state index >= 15 is 0 Å². The van der Waals surface area contributed by atoms with E-state index in [9.17, 15) is 9.59 Å². The van der Waals surface area contributed by atoms with Gasteiger partial charge in [-0.25, -0.2) is 4.79 Å². The molecule has 126 valence electrons. The van der Waals surface area contributed by atoms with Crippen LogP contribution < -0.4 is 21.7 Å². The Bertz CT molecular complexity index is 701. The lowest BCUT2D eigenvalue weighted by molar-refractivity contribution is -0.116. The minimum absolute atomic E-state index is 0.141. The van der Waals surface area contributed by atoms with Gasteiger partial charge in [0, 0.05) is 30.0 Å². The van der Waals surface area contributed by atoms with Crippen LogP contribution in [0.3, 0.4) is 0 Å². The molecule has 0 atom stereocenters. The van der Waals surface area contributed by atoms with Crippen molar-refractivity contribution >= 4 is 29.0 Å². The number of hydrogen-bond donors (Lipinski definition) is 4. The summed E-state index contributed by atoms with van der Waals surface area (Å²) in [5.41, 5.74) is 8.39. The van der Waals surface area contributed by atoms with E-state index in [0.29, 0.717) is 23.6 Å². The number of benzene rings is 2. The van der Waals surface area contributed by atoms with Crippen LogP contribution in [-0.4, -0.2) is 18.5 Å². The Balaban J connectivity index is 2.07. The first-order valence-corrected chi connectivity index (χ1v) is 7.88. The number of anilines is 3. The fourth-order valence-electron chi connectivity index (χ4n) is 2.24. The van der Waals surface area contributed by atoms with E-state index < -0.39 is 0 Å². The first-order chi connectivity index (χ1) is 11.6. The summed E-state index contributed by atoms with van der Waals surface area (Å²) in [5, 5.41) is 8.34. The number of nitrogens with two attached hydrogens (primary N) is 1. The normalized spacial score (nSPS) is 10.1. The molecule has 0 fully saturated rings. The van der Waals surface area contributed by atoms with Crippen LogP contribution in [0.15, 0.2) is 48.5 Å². The monoisotopic (exact) mass is 326 g/mol. The summed E-state index contributed by atoms with van der Waals surface area (Å²) in [5.74, 6) is -0.141. The summed E-state index contributed by atoms with van der Waals surface area (Å²) in [6.45, 7) is 2.30. The maximum atomic E-state index is 12.0. The average Bonchev–Trinajstić information content (AvgIpc) is 2.56. The van der Waals surface area contributed by atoms with Gasteiger partial charge in [-0.15, -0.1) is 0 Å². The second kappa shape index (κ2) is 8.69. The molecule has 0 heterocycles. The van der Waals surface area contributed by atoms with Crippen molar-refractivity contribution in [2.45, 2.75) is 19.8 Å². The van der Waals surface area contributed by atoms with Crippen molar-refractivity contribution in [3.63, 3.8) is 0 Å². The molecule has 0 radical (unpaired) electrons. The van der Waals surface area contributed by atoms with Gasteiger partial charge < -0.3 is 21.7 Å². The van der Waals surface area contributed by atoms with Crippen LogP contribution >= 0.6 is 0 Å². The van der Waals surface area contributed by atoms with Gasteiger partial charge in [0.2, 0.25) is 5.91 Å². The van der Waals surface area contributed by atoms with Crippen LogP contribution in [-0.2, 0) is 11.2 Å². The number of carbonyl (C=O) groups excluding carboxylic acids is 2. The molecule has 0 aliphatic rings. The molecule has 3 amide bonds. The Kier molecular flexibility index (Phi) is 6.33. The zero-order valence-corrected chi connectivity index (χ0v) is 13.6. The van der Waals surface area contributed by atoms with Crippen molar-refractivity contribution in [3.8, 4) is 0 Å². The topological polar surface area (TPSA) is 96.2 Å². The fourth-order valence-corrected chi connectivity index (χ4v) is 2.24. The van der Waals surface area contributed by atoms with Crippen LogP contribution in [0, 0.1) is 0 Å². The number of amides is 3. The summed E-state index contributed by atoms with van der Waals surface area (Å²) in [6.07, 6.45) is 1.03. The Morgan fingerprint density at radius 3 is 2.33 bits per heavy atom. The standard InChI is InChI=1S/C18H22N4O2/c1-2-13-8-9-15(12-16(13)22-17(23)10-11-19)21-18(24)20-14-6-4-3-5-7-14/h3-9,12H,2,10-11,19H2,1H3,(H,22,23)(H2,20,21,24). The molecule has 0 unspecified atom stereocenters. The Morgan fingerprint density at radius 1 is 0.958 bits per heavy atom. The van der Waals surface area contributed by atoms with Crippen molar-refractivity contribution in [1.29, 1.82) is 0 Å².